The zero-order valence-electron chi connectivity index (χ0n) is 17.7. The standard InChI is InChI=1S/C24H27N3O3S/c1-3-27(22-14-8-5-9-15-22)31(29,30)23-16-10-11-20(19-23)24(28)25-17-18-26(2)21-12-6-4-7-13-21/h4-16,19H,3,17-18H2,1-2H3,(H,25,28). The Labute approximate surface area is 184 Å². The molecule has 0 spiro atoms. The number of para-hydroxylation sites is 2. The summed E-state index contributed by atoms with van der Waals surface area (Å²) in [4.78, 5) is 14.7. The number of anilines is 2. The fourth-order valence-corrected chi connectivity index (χ4v) is 4.78. The highest BCUT2D eigenvalue weighted by atomic mass is 32.2. The van der Waals surface area contributed by atoms with E-state index in [9.17, 15) is 13.2 Å². The predicted molar refractivity (Wildman–Crippen MR) is 125 cm³/mol. The number of nitrogens with zero attached hydrogens (tertiary/aromatic N) is 2. The van der Waals surface area contributed by atoms with Crippen LogP contribution >= 0.6 is 0 Å². The summed E-state index contributed by atoms with van der Waals surface area (Å²) in [6.45, 7) is 3.14. The van der Waals surface area contributed by atoms with E-state index in [-0.39, 0.29) is 17.3 Å². The summed E-state index contributed by atoms with van der Waals surface area (Å²) >= 11 is 0. The quantitative estimate of drug-likeness (QED) is 0.553. The lowest BCUT2D eigenvalue weighted by Gasteiger charge is -2.23. The SMILES string of the molecule is CCN(c1ccccc1)S(=O)(=O)c1cccc(C(=O)NCCN(C)c2ccccc2)c1. The van der Waals surface area contributed by atoms with Crippen LogP contribution in [0.25, 0.3) is 0 Å². The van der Waals surface area contributed by atoms with Crippen molar-refractivity contribution in [2.75, 3.05) is 35.9 Å². The van der Waals surface area contributed by atoms with Gasteiger partial charge in [0.05, 0.1) is 10.6 Å². The van der Waals surface area contributed by atoms with Gasteiger partial charge in [-0.1, -0.05) is 42.5 Å². The lowest BCUT2D eigenvalue weighted by molar-refractivity contribution is 0.0954. The Hall–Kier alpha value is -3.32. The van der Waals surface area contributed by atoms with Gasteiger partial charge in [-0.3, -0.25) is 9.10 Å². The van der Waals surface area contributed by atoms with Crippen LogP contribution in [0.4, 0.5) is 11.4 Å². The van der Waals surface area contributed by atoms with Crippen LogP contribution in [-0.2, 0) is 10.0 Å². The van der Waals surface area contributed by atoms with E-state index in [1.807, 2.05) is 48.3 Å². The monoisotopic (exact) mass is 437 g/mol. The van der Waals surface area contributed by atoms with Crippen LogP contribution in [0.2, 0.25) is 0 Å². The number of sulfonamides is 1. The van der Waals surface area contributed by atoms with E-state index in [1.54, 1.807) is 43.3 Å². The van der Waals surface area contributed by atoms with Crippen molar-refractivity contribution in [3.05, 3.63) is 90.5 Å². The first kappa shape index (κ1) is 22.4. The largest absolute Gasteiger partial charge is 0.373 e. The fourth-order valence-electron chi connectivity index (χ4n) is 3.26. The number of hydrogen-bond acceptors (Lipinski definition) is 4. The number of carbonyl (C=O) groups excluding carboxylic acids is 1. The molecular formula is C24H27N3O3S. The maximum absolute atomic E-state index is 13.2. The van der Waals surface area contributed by atoms with Crippen LogP contribution < -0.4 is 14.5 Å². The summed E-state index contributed by atoms with van der Waals surface area (Å²) in [6.07, 6.45) is 0. The number of nitrogens with one attached hydrogen (secondary N) is 1. The second-order valence-electron chi connectivity index (χ2n) is 7.05. The minimum Gasteiger partial charge on any atom is -0.373 e. The molecule has 0 fully saturated rings. The molecular weight excluding hydrogens is 410 g/mol. The number of likely N-dealkylation sites (N-methyl/N-ethyl adjacent to an activating group) is 1. The number of carbonyl (C=O) groups is 1. The summed E-state index contributed by atoms with van der Waals surface area (Å²) in [6, 6.07) is 25.0. The van der Waals surface area contributed by atoms with Gasteiger partial charge >= 0.3 is 0 Å². The minimum absolute atomic E-state index is 0.0901. The lowest BCUT2D eigenvalue weighted by atomic mass is 10.2. The van der Waals surface area contributed by atoms with Crippen molar-refractivity contribution in [3.8, 4) is 0 Å². The number of benzene rings is 3. The van der Waals surface area contributed by atoms with Crippen molar-refractivity contribution < 1.29 is 13.2 Å². The lowest BCUT2D eigenvalue weighted by Crippen LogP contribution is -2.33. The topological polar surface area (TPSA) is 69.7 Å². The molecule has 0 aliphatic rings. The van der Waals surface area contributed by atoms with E-state index in [0.717, 1.165) is 5.69 Å². The molecule has 0 saturated heterocycles. The smallest absolute Gasteiger partial charge is 0.264 e. The molecule has 0 bridgehead atoms. The van der Waals surface area contributed by atoms with Crippen molar-refractivity contribution in [1.82, 2.24) is 5.32 Å². The summed E-state index contributed by atoms with van der Waals surface area (Å²) in [5, 5.41) is 2.86. The van der Waals surface area contributed by atoms with Gasteiger partial charge in [-0.25, -0.2) is 8.42 Å². The van der Waals surface area contributed by atoms with Gasteiger partial charge in [-0.2, -0.15) is 0 Å². The number of amides is 1. The molecule has 3 aromatic carbocycles. The molecule has 0 aliphatic heterocycles. The molecule has 0 atom stereocenters. The van der Waals surface area contributed by atoms with Gasteiger partial charge in [0.15, 0.2) is 0 Å². The first-order valence-electron chi connectivity index (χ1n) is 10.2. The van der Waals surface area contributed by atoms with E-state index in [4.69, 9.17) is 0 Å². The van der Waals surface area contributed by atoms with Crippen molar-refractivity contribution in [3.63, 3.8) is 0 Å². The molecule has 0 radical (unpaired) electrons. The minimum atomic E-state index is -3.79. The second kappa shape index (κ2) is 10.1. The molecule has 1 amide bonds. The molecule has 0 saturated carbocycles. The van der Waals surface area contributed by atoms with Crippen LogP contribution in [-0.4, -0.2) is 41.0 Å². The van der Waals surface area contributed by atoms with E-state index < -0.39 is 10.0 Å². The maximum atomic E-state index is 13.2. The Balaban J connectivity index is 1.69. The third-order valence-corrected chi connectivity index (χ3v) is 6.84. The van der Waals surface area contributed by atoms with Gasteiger partial charge in [-0.05, 0) is 49.4 Å². The van der Waals surface area contributed by atoms with Crippen molar-refractivity contribution in [2.45, 2.75) is 11.8 Å². The van der Waals surface area contributed by atoms with E-state index in [1.165, 1.54) is 16.4 Å². The predicted octanol–water partition coefficient (Wildman–Crippen LogP) is 3.77. The number of rotatable bonds is 9. The Morgan fingerprint density at radius 3 is 2.10 bits per heavy atom. The summed E-state index contributed by atoms with van der Waals surface area (Å²) in [5.41, 5.74) is 1.96. The van der Waals surface area contributed by atoms with Crippen LogP contribution in [0.5, 0.6) is 0 Å². The van der Waals surface area contributed by atoms with E-state index in [0.29, 0.717) is 24.3 Å². The molecule has 162 valence electrons. The van der Waals surface area contributed by atoms with Crippen molar-refractivity contribution in [2.24, 2.45) is 0 Å². The molecule has 0 heterocycles. The first-order valence-corrected chi connectivity index (χ1v) is 11.6. The summed E-state index contributed by atoms with van der Waals surface area (Å²) in [5.74, 6) is -0.304. The van der Waals surface area contributed by atoms with Gasteiger partial charge < -0.3 is 10.2 Å². The third kappa shape index (κ3) is 5.44. The normalized spacial score (nSPS) is 11.0. The number of hydrogen-bond donors (Lipinski definition) is 1. The van der Waals surface area contributed by atoms with Gasteiger partial charge in [0.25, 0.3) is 15.9 Å². The zero-order valence-corrected chi connectivity index (χ0v) is 18.5. The Bertz CT molecular complexity index is 1100. The Morgan fingerprint density at radius 1 is 0.871 bits per heavy atom. The fraction of sp³-hybridized carbons (Fsp3) is 0.208. The molecule has 3 aromatic rings. The molecule has 3 rings (SSSR count). The molecule has 0 aromatic heterocycles. The maximum Gasteiger partial charge on any atom is 0.264 e. The summed E-state index contributed by atoms with van der Waals surface area (Å²) in [7, 11) is -1.83. The van der Waals surface area contributed by atoms with Crippen molar-refractivity contribution >= 4 is 27.3 Å². The molecule has 31 heavy (non-hydrogen) atoms. The first-order chi connectivity index (χ1) is 14.9. The van der Waals surface area contributed by atoms with Crippen LogP contribution in [0.3, 0.4) is 0 Å². The van der Waals surface area contributed by atoms with E-state index in [2.05, 4.69) is 5.32 Å². The highest BCUT2D eigenvalue weighted by Crippen LogP contribution is 2.23. The molecule has 1 N–H and O–H groups in total. The van der Waals surface area contributed by atoms with Crippen molar-refractivity contribution in [1.29, 1.82) is 0 Å². The highest BCUT2D eigenvalue weighted by Gasteiger charge is 2.24. The third-order valence-electron chi connectivity index (χ3n) is 4.95. The molecule has 0 unspecified atom stereocenters. The second-order valence-corrected chi connectivity index (χ2v) is 8.91. The molecule has 7 heteroatoms. The summed E-state index contributed by atoms with van der Waals surface area (Å²) < 4.78 is 27.7. The van der Waals surface area contributed by atoms with Crippen LogP contribution in [0, 0.1) is 0 Å². The average Bonchev–Trinajstić information content (AvgIpc) is 2.80. The molecule has 6 nitrogen and oxygen atoms in total. The van der Waals surface area contributed by atoms with Gasteiger partial charge in [0, 0.05) is 37.9 Å². The van der Waals surface area contributed by atoms with Crippen LogP contribution in [0.1, 0.15) is 17.3 Å². The van der Waals surface area contributed by atoms with E-state index >= 15 is 0 Å². The average molecular weight is 438 g/mol. The highest BCUT2D eigenvalue weighted by molar-refractivity contribution is 7.92. The van der Waals surface area contributed by atoms with Gasteiger partial charge in [-0.15, -0.1) is 0 Å². The molecule has 0 aliphatic carbocycles. The van der Waals surface area contributed by atoms with Gasteiger partial charge in [0.2, 0.25) is 0 Å². The Morgan fingerprint density at radius 2 is 1.48 bits per heavy atom. The zero-order chi connectivity index (χ0) is 22.3. The Kier molecular flexibility index (Phi) is 7.31. The van der Waals surface area contributed by atoms with Crippen LogP contribution in [0.15, 0.2) is 89.8 Å². The van der Waals surface area contributed by atoms with Gasteiger partial charge in [0.1, 0.15) is 0 Å².